The monoisotopic (exact) mass is 252 g/mol. The van der Waals surface area contributed by atoms with Crippen molar-refractivity contribution in [1.29, 1.82) is 0 Å². The van der Waals surface area contributed by atoms with Crippen LogP contribution in [0.3, 0.4) is 0 Å². The molecule has 0 bridgehead atoms. The maximum absolute atomic E-state index is 10.7. The Hall–Kier alpha value is -1.92. The van der Waals surface area contributed by atoms with E-state index in [2.05, 4.69) is 11.5 Å². The molecule has 1 rings (SSSR count). The number of rotatable bonds is 6. The maximum Gasteiger partial charge on any atom is 0.129 e. The minimum atomic E-state index is -1.23. The van der Waals surface area contributed by atoms with Gasteiger partial charge in [-0.3, -0.25) is 0 Å². The smallest absolute Gasteiger partial charge is 0.129 e. The molecule has 18 heavy (non-hydrogen) atoms. The second kappa shape index (κ2) is 6.13. The van der Waals surface area contributed by atoms with E-state index in [9.17, 15) is 19.8 Å². The maximum atomic E-state index is 10.7. The van der Waals surface area contributed by atoms with Gasteiger partial charge in [0.15, 0.2) is 0 Å². The molecule has 0 heterocycles. The van der Waals surface area contributed by atoms with Crippen LogP contribution in [0.1, 0.15) is 11.1 Å². The molecule has 0 unspecified atom stereocenters. The van der Waals surface area contributed by atoms with Gasteiger partial charge in [0.25, 0.3) is 0 Å². The minimum absolute atomic E-state index is 0.207. The molecule has 0 saturated carbocycles. The van der Waals surface area contributed by atoms with E-state index in [1.807, 2.05) is 0 Å². The Morgan fingerprint density at radius 1 is 0.944 bits per heavy atom. The predicted octanol–water partition coefficient (Wildman–Crippen LogP) is -4.51. The summed E-state index contributed by atoms with van der Waals surface area (Å²) < 4.78 is 0. The highest BCUT2D eigenvalue weighted by Gasteiger charge is 2.15. The zero-order chi connectivity index (χ0) is 13.7. The summed E-state index contributed by atoms with van der Waals surface area (Å²) in [4.78, 5) is 21.3. The van der Waals surface area contributed by atoms with Crippen molar-refractivity contribution in [2.45, 2.75) is 24.9 Å². The summed E-state index contributed by atoms with van der Waals surface area (Å²) in [5, 5.41) is 21.3. The first-order valence-electron chi connectivity index (χ1n) is 5.56. The van der Waals surface area contributed by atoms with Crippen molar-refractivity contribution in [1.82, 2.24) is 0 Å². The van der Waals surface area contributed by atoms with Gasteiger partial charge in [0.1, 0.15) is 12.1 Å². The lowest BCUT2D eigenvalue weighted by atomic mass is 9.96. The molecule has 0 aromatic heterocycles. The average Bonchev–Trinajstić information content (AvgIpc) is 2.31. The molecule has 6 heteroatoms. The topological polar surface area (TPSA) is 136 Å². The van der Waals surface area contributed by atoms with Crippen LogP contribution >= 0.6 is 0 Å². The Balaban J connectivity index is 2.86. The van der Waals surface area contributed by atoms with Crippen molar-refractivity contribution in [3.8, 4) is 0 Å². The first kappa shape index (κ1) is 14.1. The summed E-state index contributed by atoms with van der Waals surface area (Å²) >= 11 is 0. The Bertz CT molecular complexity index is 406. The fraction of sp³-hybridized carbons (Fsp3) is 0.333. The summed E-state index contributed by atoms with van der Waals surface area (Å²) in [6.45, 7) is 0. The van der Waals surface area contributed by atoms with Gasteiger partial charge in [0.05, 0.1) is 11.9 Å². The molecule has 0 aliphatic rings. The van der Waals surface area contributed by atoms with Crippen LogP contribution in [0.5, 0.6) is 0 Å². The summed E-state index contributed by atoms with van der Waals surface area (Å²) in [6, 6.07) is 5.29. The van der Waals surface area contributed by atoms with Gasteiger partial charge in [-0.1, -0.05) is 24.3 Å². The molecule has 0 saturated heterocycles. The first-order valence-corrected chi connectivity index (χ1v) is 5.56. The molecule has 1 aromatic rings. The highest BCUT2D eigenvalue weighted by atomic mass is 16.4. The number of benzene rings is 1. The van der Waals surface area contributed by atoms with Crippen LogP contribution in [0.15, 0.2) is 24.3 Å². The van der Waals surface area contributed by atoms with E-state index in [-0.39, 0.29) is 12.8 Å². The normalized spacial score (nSPS) is 13.9. The molecule has 6 N–H and O–H groups in total. The number of carboxylic acid groups (broad SMARTS) is 2. The number of aliphatic carboxylic acids is 2. The van der Waals surface area contributed by atoms with Crippen molar-refractivity contribution in [3.05, 3.63) is 35.4 Å². The minimum Gasteiger partial charge on any atom is -0.544 e. The lowest BCUT2D eigenvalue weighted by Gasteiger charge is -2.15. The van der Waals surface area contributed by atoms with Gasteiger partial charge in [0, 0.05) is 12.8 Å². The number of carbonyl (C=O) groups is 2. The predicted molar refractivity (Wildman–Crippen MR) is 57.2 cm³/mol. The fourth-order valence-corrected chi connectivity index (χ4v) is 1.65. The lowest BCUT2D eigenvalue weighted by molar-refractivity contribution is -0.438. The standard InChI is InChI=1S/C12H16N2O4/c13-9(11(15)16)5-7-3-1-2-4-8(7)6-10(14)12(17)18/h1-4,9-10H,5-6,13-14H2,(H,15,16)(H,17,18)/t9-,10+. The van der Waals surface area contributed by atoms with Crippen LogP contribution in [0, 0.1) is 0 Å². The van der Waals surface area contributed by atoms with Gasteiger partial charge >= 0.3 is 0 Å². The van der Waals surface area contributed by atoms with Crippen LogP contribution in [0.25, 0.3) is 0 Å². The second-order valence-electron chi connectivity index (χ2n) is 4.21. The number of hydrogen-bond donors (Lipinski definition) is 2. The third kappa shape index (κ3) is 3.83. The van der Waals surface area contributed by atoms with Crippen molar-refractivity contribution >= 4 is 11.9 Å². The summed E-state index contributed by atoms with van der Waals surface area (Å²) in [5.41, 5.74) is 8.46. The highest BCUT2D eigenvalue weighted by molar-refractivity contribution is 5.70. The molecule has 98 valence electrons. The number of hydrogen-bond acceptors (Lipinski definition) is 4. The molecule has 1 aromatic carbocycles. The molecular weight excluding hydrogens is 236 g/mol. The van der Waals surface area contributed by atoms with Crippen LogP contribution in [-0.4, -0.2) is 24.0 Å². The van der Waals surface area contributed by atoms with Crippen LogP contribution in [0.4, 0.5) is 0 Å². The SMILES string of the molecule is [NH3+][C@H](Cc1ccccc1C[C@H]([NH3+])C(=O)[O-])C(=O)[O-]. The largest absolute Gasteiger partial charge is 0.544 e. The Morgan fingerprint density at radius 2 is 1.28 bits per heavy atom. The molecule has 2 atom stereocenters. The molecule has 6 nitrogen and oxygen atoms in total. The highest BCUT2D eigenvalue weighted by Crippen LogP contribution is 2.12. The summed E-state index contributed by atoms with van der Waals surface area (Å²) in [7, 11) is 0. The number of quaternary nitrogens is 2. The van der Waals surface area contributed by atoms with E-state index in [1.165, 1.54) is 0 Å². The van der Waals surface area contributed by atoms with Gasteiger partial charge in [-0.05, 0) is 11.1 Å². The average molecular weight is 252 g/mol. The fourth-order valence-electron chi connectivity index (χ4n) is 1.65. The van der Waals surface area contributed by atoms with E-state index in [4.69, 9.17) is 0 Å². The molecular formula is C12H16N2O4. The van der Waals surface area contributed by atoms with E-state index < -0.39 is 24.0 Å². The number of carboxylic acids is 2. The van der Waals surface area contributed by atoms with Gasteiger partial charge in [0.2, 0.25) is 0 Å². The van der Waals surface area contributed by atoms with E-state index in [1.54, 1.807) is 24.3 Å². The van der Waals surface area contributed by atoms with Gasteiger partial charge in [-0.2, -0.15) is 0 Å². The van der Waals surface area contributed by atoms with Gasteiger partial charge < -0.3 is 31.3 Å². The van der Waals surface area contributed by atoms with Crippen molar-refractivity contribution in [2.75, 3.05) is 0 Å². The number of carbonyl (C=O) groups excluding carboxylic acids is 2. The summed E-state index contributed by atoms with van der Waals surface area (Å²) in [5.74, 6) is -2.45. The van der Waals surface area contributed by atoms with Crippen LogP contribution in [0.2, 0.25) is 0 Å². The molecule has 0 amide bonds. The molecule has 0 aliphatic heterocycles. The van der Waals surface area contributed by atoms with E-state index in [0.29, 0.717) is 0 Å². The van der Waals surface area contributed by atoms with Crippen molar-refractivity contribution in [2.24, 2.45) is 0 Å². The zero-order valence-corrected chi connectivity index (χ0v) is 9.93. The second-order valence-corrected chi connectivity index (χ2v) is 4.21. The van der Waals surface area contributed by atoms with E-state index in [0.717, 1.165) is 11.1 Å². The Labute approximate surface area is 104 Å². The van der Waals surface area contributed by atoms with Crippen LogP contribution < -0.4 is 21.7 Å². The molecule has 0 spiro atoms. The Kier molecular flexibility index (Phi) is 4.82. The molecule has 0 fully saturated rings. The van der Waals surface area contributed by atoms with Gasteiger partial charge in [-0.25, -0.2) is 0 Å². The zero-order valence-electron chi connectivity index (χ0n) is 9.93. The lowest BCUT2D eigenvalue weighted by Crippen LogP contribution is -2.70. The Morgan fingerprint density at radius 3 is 1.56 bits per heavy atom. The van der Waals surface area contributed by atoms with E-state index >= 15 is 0 Å². The first-order chi connectivity index (χ1) is 8.41. The van der Waals surface area contributed by atoms with Crippen LogP contribution in [-0.2, 0) is 22.4 Å². The third-order valence-electron chi connectivity index (χ3n) is 2.72. The van der Waals surface area contributed by atoms with Gasteiger partial charge in [-0.15, -0.1) is 0 Å². The quantitative estimate of drug-likeness (QED) is 0.527. The van der Waals surface area contributed by atoms with Crippen molar-refractivity contribution < 1.29 is 31.3 Å². The molecule has 0 radical (unpaired) electrons. The summed E-state index contributed by atoms with van der Waals surface area (Å²) in [6.07, 6.45) is 0.413. The molecule has 0 aliphatic carbocycles. The van der Waals surface area contributed by atoms with Crippen molar-refractivity contribution in [3.63, 3.8) is 0 Å². The third-order valence-corrected chi connectivity index (χ3v) is 2.72.